The van der Waals surface area contributed by atoms with Crippen LogP contribution in [0.5, 0.6) is 5.75 Å². The Morgan fingerprint density at radius 3 is 2.53 bits per heavy atom. The van der Waals surface area contributed by atoms with Gasteiger partial charge in [-0.2, -0.15) is 5.10 Å². The number of aliphatic hydroxyl groups excluding tert-OH is 1. The van der Waals surface area contributed by atoms with Crippen LogP contribution in [-0.2, 0) is 9.84 Å². The number of carbonyl (C=O) groups is 1. The predicted molar refractivity (Wildman–Crippen MR) is 120 cm³/mol. The maximum atomic E-state index is 13.0. The Kier molecular flexibility index (Phi) is 6.29. The van der Waals surface area contributed by atoms with Crippen LogP contribution in [0.1, 0.15) is 34.6 Å². The molecule has 1 aliphatic heterocycles. The zero-order chi connectivity index (χ0) is 22.7. The Morgan fingerprint density at radius 2 is 1.94 bits per heavy atom. The maximum absolute atomic E-state index is 13.0. The molecule has 3 aromatic rings. The van der Waals surface area contributed by atoms with E-state index in [-0.39, 0.29) is 29.8 Å². The summed E-state index contributed by atoms with van der Waals surface area (Å²) < 4.78 is 31.0. The number of carbonyl (C=O) groups excluding carboxylic acids is 1. The summed E-state index contributed by atoms with van der Waals surface area (Å²) in [6.45, 7) is -0.261. The van der Waals surface area contributed by atoms with Crippen molar-refractivity contribution in [2.24, 2.45) is 0 Å². The quantitative estimate of drug-likeness (QED) is 0.566. The molecule has 9 heteroatoms. The standard InChI is InChI=1S/C23H25N3O5S/c1-31-19-9-7-17(8-10-19)22-13-20(25-26(22)18-11-12-32(29,30)15-18)23(28)24-21(14-27)16-5-3-2-4-6-16/h2-10,13,18,21,27H,11-12,14-15H2,1H3,(H,24,28)/t18-,21-/m0/s1. The molecule has 32 heavy (non-hydrogen) atoms. The van der Waals surface area contributed by atoms with Crippen LogP contribution in [0.4, 0.5) is 0 Å². The molecule has 1 amide bonds. The molecule has 2 N–H and O–H groups in total. The monoisotopic (exact) mass is 455 g/mol. The van der Waals surface area contributed by atoms with Crippen LogP contribution in [0.2, 0.25) is 0 Å². The number of rotatable bonds is 7. The minimum absolute atomic E-state index is 0.0117. The van der Waals surface area contributed by atoms with E-state index in [1.54, 1.807) is 30.0 Å². The topological polar surface area (TPSA) is 111 Å². The first-order valence-corrected chi connectivity index (χ1v) is 12.1. The summed E-state index contributed by atoms with van der Waals surface area (Å²) in [5.74, 6) is 0.335. The Balaban J connectivity index is 1.67. The van der Waals surface area contributed by atoms with Crippen molar-refractivity contribution in [3.63, 3.8) is 0 Å². The van der Waals surface area contributed by atoms with E-state index in [0.29, 0.717) is 17.9 Å². The van der Waals surface area contributed by atoms with Crippen molar-refractivity contribution in [1.82, 2.24) is 15.1 Å². The molecular formula is C23H25N3O5S. The predicted octanol–water partition coefficient (Wildman–Crippen LogP) is 2.38. The highest BCUT2D eigenvalue weighted by atomic mass is 32.2. The third kappa shape index (κ3) is 4.68. The van der Waals surface area contributed by atoms with Gasteiger partial charge < -0.3 is 15.2 Å². The number of ether oxygens (including phenoxy) is 1. The van der Waals surface area contributed by atoms with Crippen LogP contribution in [0.15, 0.2) is 60.7 Å². The molecule has 8 nitrogen and oxygen atoms in total. The number of sulfone groups is 1. The highest BCUT2D eigenvalue weighted by Crippen LogP contribution is 2.31. The average Bonchev–Trinajstić information content (AvgIpc) is 3.41. The number of methoxy groups -OCH3 is 1. The highest BCUT2D eigenvalue weighted by molar-refractivity contribution is 7.91. The van der Waals surface area contributed by atoms with Gasteiger partial charge in [-0.3, -0.25) is 9.48 Å². The second kappa shape index (κ2) is 9.13. The zero-order valence-electron chi connectivity index (χ0n) is 17.6. The fraction of sp³-hybridized carbons (Fsp3) is 0.304. The molecule has 0 bridgehead atoms. The summed E-state index contributed by atoms with van der Waals surface area (Å²) in [5, 5.41) is 17.1. The van der Waals surface area contributed by atoms with E-state index in [1.165, 1.54) is 0 Å². The van der Waals surface area contributed by atoms with E-state index in [2.05, 4.69) is 10.4 Å². The minimum Gasteiger partial charge on any atom is -0.497 e. The van der Waals surface area contributed by atoms with E-state index < -0.39 is 21.8 Å². The van der Waals surface area contributed by atoms with Gasteiger partial charge in [0.2, 0.25) is 0 Å². The van der Waals surface area contributed by atoms with Gasteiger partial charge in [0, 0.05) is 5.56 Å². The molecule has 1 fully saturated rings. The van der Waals surface area contributed by atoms with Crippen molar-refractivity contribution in [2.75, 3.05) is 25.2 Å². The molecular weight excluding hydrogens is 430 g/mol. The molecule has 168 valence electrons. The van der Waals surface area contributed by atoms with Crippen molar-refractivity contribution < 1.29 is 23.1 Å². The second-order valence-electron chi connectivity index (χ2n) is 7.76. The molecule has 0 spiro atoms. The summed E-state index contributed by atoms with van der Waals surface area (Å²) in [6.07, 6.45) is 0.442. The molecule has 2 heterocycles. The summed E-state index contributed by atoms with van der Waals surface area (Å²) in [4.78, 5) is 13.0. The van der Waals surface area contributed by atoms with Crippen LogP contribution in [0.3, 0.4) is 0 Å². The first kappa shape index (κ1) is 22.0. The van der Waals surface area contributed by atoms with E-state index in [9.17, 15) is 18.3 Å². The Labute approximate surface area is 186 Å². The summed E-state index contributed by atoms with van der Waals surface area (Å²) in [6, 6.07) is 17.2. The number of hydrogen-bond donors (Lipinski definition) is 2. The van der Waals surface area contributed by atoms with Crippen molar-refractivity contribution in [2.45, 2.75) is 18.5 Å². The fourth-order valence-electron chi connectivity index (χ4n) is 3.88. The lowest BCUT2D eigenvalue weighted by Crippen LogP contribution is -2.31. The van der Waals surface area contributed by atoms with E-state index >= 15 is 0 Å². The molecule has 1 saturated heterocycles. The number of benzene rings is 2. The SMILES string of the molecule is COc1ccc(-c2cc(C(=O)N[C@@H](CO)c3ccccc3)nn2[C@H]2CCS(=O)(=O)C2)cc1. The molecule has 0 aliphatic carbocycles. The smallest absolute Gasteiger partial charge is 0.272 e. The summed E-state index contributed by atoms with van der Waals surface area (Å²) in [7, 11) is -1.56. The number of nitrogens with zero attached hydrogens (tertiary/aromatic N) is 2. The third-order valence-corrected chi connectivity index (χ3v) is 7.35. The fourth-order valence-corrected chi connectivity index (χ4v) is 5.57. The van der Waals surface area contributed by atoms with E-state index in [1.807, 2.05) is 42.5 Å². The van der Waals surface area contributed by atoms with E-state index in [4.69, 9.17) is 4.74 Å². The molecule has 1 aliphatic rings. The van der Waals surface area contributed by atoms with Gasteiger partial charge in [-0.05, 0) is 42.3 Å². The lowest BCUT2D eigenvalue weighted by Gasteiger charge is -2.16. The molecule has 2 aromatic carbocycles. The van der Waals surface area contributed by atoms with Crippen molar-refractivity contribution in [3.8, 4) is 17.0 Å². The van der Waals surface area contributed by atoms with Gasteiger partial charge in [0.25, 0.3) is 5.91 Å². The largest absolute Gasteiger partial charge is 0.497 e. The van der Waals surface area contributed by atoms with Gasteiger partial charge in [0.1, 0.15) is 5.75 Å². The van der Waals surface area contributed by atoms with E-state index in [0.717, 1.165) is 11.1 Å². The number of nitrogens with one attached hydrogen (secondary N) is 1. The first-order valence-electron chi connectivity index (χ1n) is 10.3. The van der Waals surface area contributed by atoms with Gasteiger partial charge in [-0.1, -0.05) is 30.3 Å². The zero-order valence-corrected chi connectivity index (χ0v) is 18.5. The lowest BCUT2D eigenvalue weighted by atomic mass is 10.1. The first-order chi connectivity index (χ1) is 15.4. The summed E-state index contributed by atoms with van der Waals surface area (Å²) >= 11 is 0. The van der Waals surface area contributed by atoms with Gasteiger partial charge in [0.05, 0.1) is 43.0 Å². The third-order valence-electron chi connectivity index (χ3n) is 5.60. The maximum Gasteiger partial charge on any atom is 0.272 e. The van der Waals surface area contributed by atoms with Gasteiger partial charge in [-0.25, -0.2) is 8.42 Å². The van der Waals surface area contributed by atoms with Crippen LogP contribution >= 0.6 is 0 Å². The molecule has 0 unspecified atom stereocenters. The van der Waals surface area contributed by atoms with Crippen LogP contribution < -0.4 is 10.1 Å². The van der Waals surface area contributed by atoms with Crippen molar-refractivity contribution in [1.29, 1.82) is 0 Å². The average molecular weight is 456 g/mol. The Hall–Kier alpha value is -3.17. The molecule has 0 saturated carbocycles. The Bertz CT molecular complexity index is 1190. The van der Waals surface area contributed by atoms with Crippen molar-refractivity contribution >= 4 is 15.7 Å². The lowest BCUT2D eigenvalue weighted by molar-refractivity contribution is 0.0910. The highest BCUT2D eigenvalue weighted by Gasteiger charge is 2.32. The van der Waals surface area contributed by atoms with Crippen LogP contribution in [-0.4, -0.2) is 54.4 Å². The van der Waals surface area contributed by atoms with Crippen LogP contribution in [0, 0.1) is 0 Å². The number of aliphatic hydroxyl groups is 1. The molecule has 4 rings (SSSR count). The van der Waals surface area contributed by atoms with Crippen molar-refractivity contribution in [3.05, 3.63) is 71.9 Å². The van der Waals surface area contributed by atoms with Gasteiger partial charge in [-0.15, -0.1) is 0 Å². The number of hydrogen-bond acceptors (Lipinski definition) is 6. The molecule has 1 aromatic heterocycles. The number of amides is 1. The number of aromatic nitrogens is 2. The van der Waals surface area contributed by atoms with Crippen LogP contribution in [0.25, 0.3) is 11.3 Å². The molecule has 0 radical (unpaired) electrons. The minimum atomic E-state index is -3.14. The van der Waals surface area contributed by atoms with Gasteiger partial charge in [0.15, 0.2) is 15.5 Å². The summed E-state index contributed by atoms with van der Waals surface area (Å²) in [5.41, 5.74) is 2.39. The Morgan fingerprint density at radius 1 is 1.22 bits per heavy atom. The van der Waals surface area contributed by atoms with Gasteiger partial charge >= 0.3 is 0 Å². The normalized spacial score (nSPS) is 18.2. The second-order valence-corrected chi connectivity index (χ2v) is 9.99. The molecule has 2 atom stereocenters.